The van der Waals surface area contributed by atoms with Crippen LogP contribution < -0.4 is 0 Å². The van der Waals surface area contributed by atoms with Gasteiger partial charge in [0, 0.05) is 21.9 Å². The summed E-state index contributed by atoms with van der Waals surface area (Å²) in [5.74, 6) is -39.0. The van der Waals surface area contributed by atoms with Crippen LogP contribution in [0.4, 0.5) is 61.5 Å². The minimum absolute atomic E-state index is 0. The third-order valence-corrected chi connectivity index (χ3v) is 4.93. The van der Waals surface area contributed by atoms with Gasteiger partial charge in [-0.25, -0.2) is 61.5 Å². The van der Waals surface area contributed by atoms with Crippen molar-refractivity contribution in [2.75, 3.05) is 0 Å². The van der Waals surface area contributed by atoms with Gasteiger partial charge in [0.2, 0.25) is 0 Å². The van der Waals surface area contributed by atoms with Crippen molar-refractivity contribution in [2.45, 2.75) is 0 Å². The third kappa shape index (κ3) is 3.16. The van der Waals surface area contributed by atoms with Crippen molar-refractivity contribution in [1.29, 1.82) is 0 Å². The average molecular weight is 520 g/mol. The number of fused-ring (bicyclic) bond motifs is 2. The first-order valence-electron chi connectivity index (χ1n) is 8.40. The molecule has 0 radical (unpaired) electrons. The molecule has 184 valence electrons. The molecule has 4 rings (SSSR count). The summed E-state index contributed by atoms with van der Waals surface area (Å²) in [7, 11) is 0. The Morgan fingerprint density at radius 2 is 0.371 bits per heavy atom. The molecule has 0 aliphatic rings. The Balaban J connectivity index is 0.00000342. The number of hydrogen-bond donors (Lipinski definition) is 0. The van der Waals surface area contributed by atoms with E-state index < -0.39 is 114 Å². The minimum atomic E-state index is -2.87. The lowest BCUT2D eigenvalue weighted by Gasteiger charge is -2.17. The quantitative estimate of drug-likeness (QED) is 0.118. The van der Waals surface area contributed by atoms with E-state index in [-0.39, 0.29) is 8.41 Å². The summed E-state index contributed by atoms with van der Waals surface area (Å²) in [6.07, 6.45) is 0. The van der Waals surface area contributed by atoms with Crippen molar-refractivity contribution in [1.82, 2.24) is 0 Å². The molecule has 0 aliphatic carbocycles. The van der Waals surface area contributed by atoms with Crippen LogP contribution in [0.25, 0.3) is 32.7 Å². The van der Waals surface area contributed by atoms with E-state index in [1.807, 2.05) is 0 Å². The first-order valence-corrected chi connectivity index (χ1v) is 8.40. The van der Waals surface area contributed by atoms with Crippen molar-refractivity contribution in [3.8, 4) is 11.1 Å². The van der Waals surface area contributed by atoms with Crippen molar-refractivity contribution >= 4 is 30.0 Å². The highest BCUT2D eigenvalue weighted by molar-refractivity contribution is 6.07. The van der Waals surface area contributed by atoms with Crippen molar-refractivity contribution in [2.24, 2.45) is 0 Å². The Kier molecular flexibility index (Phi) is 6.19. The average Bonchev–Trinajstić information content (AvgIpc) is 2.80. The molecular weight excluding hydrogens is 517 g/mol. The highest BCUT2D eigenvalue weighted by atomic mass is 19.2. The van der Waals surface area contributed by atoms with Gasteiger partial charge in [0.05, 0.1) is 19.2 Å². The lowest BCUT2D eigenvalue weighted by atomic mass is 9.90. The molecular formula is C20H3BF14. The summed E-state index contributed by atoms with van der Waals surface area (Å²) < 4.78 is 198. The highest BCUT2D eigenvalue weighted by Crippen LogP contribution is 2.46. The topological polar surface area (TPSA) is 0 Å². The number of halogens is 14. The van der Waals surface area contributed by atoms with E-state index in [2.05, 4.69) is 0 Å². The summed E-state index contributed by atoms with van der Waals surface area (Å²) in [6.45, 7) is 0. The first kappa shape index (κ1) is 26.1. The zero-order chi connectivity index (χ0) is 25.5. The molecule has 0 aliphatic heterocycles. The Bertz CT molecular complexity index is 1460. The standard InChI is InChI=1S/C20F14.BH3/c21-7-1(3-5(11(25)15(7)29)13(27)19(33)17(31)9(3)23)2-4-6(12(26)16(30)8(2)22)14(28)20(34)18(32)10(4)24;/h;1H3. The van der Waals surface area contributed by atoms with Gasteiger partial charge in [-0.1, -0.05) is 0 Å². The summed E-state index contributed by atoms with van der Waals surface area (Å²) in [5, 5.41) is -8.93. The summed E-state index contributed by atoms with van der Waals surface area (Å²) >= 11 is 0. The number of rotatable bonds is 1. The molecule has 0 fully saturated rings. The Morgan fingerprint density at radius 1 is 0.200 bits per heavy atom. The predicted molar refractivity (Wildman–Crippen MR) is 96.2 cm³/mol. The second kappa shape index (κ2) is 8.31. The molecule has 0 N–H and O–H groups in total. The monoisotopic (exact) mass is 520 g/mol. The van der Waals surface area contributed by atoms with E-state index in [0.29, 0.717) is 0 Å². The van der Waals surface area contributed by atoms with Gasteiger partial charge >= 0.3 is 0 Å². The fraction of sp³-hybridized carbons (Fsp3) is 0. The van der Waals surface area contributed by atoms with Gasteiger partial charge in [-0.2, -0.15) is 0 Å². The molecule has 0 saturated heterocycles. The molecule has 4 aromatic rings. The molecule has 0 unspecified atom stereocenters. The smallest absolute Gasteiger partial charge is 0.198 e. The fourth-order valence-corrected chi connectivity index (χ4v) is 3.47. The largest absolute Gasteiger partial charge is 0.203 e. The zero-order valence-corrected chi connectivity index (χ0v) is 15.3. The predicted octanol–water partition coefficient (Wildman–Crippen LogP) is 6.42. The SMILES string of the molecule is B.Fc1c(F)c(F)c2c(-c3c(F)c(F)c(F)c4c(F)c(F)c(F)c(F)c34)c(F)c(F)c(F)c2c1F. The number of benzene rings is 4. The molecule has 0 nitrogen and oxygen atoms in total. The molecule has 15 heteroatoms. The zero-order valence-electron chi connectivity index (χ0n) is 15.3. The summed E-state index contributed by atoms with van der Waals surface area (Å²) in [4.78, 5) is 0. The summed E-state index contributed by atoms with van der Waals surface area (Å²) in [6, 6.07) is 0. The van der Waals surface area contributed by atoms with Gasteiger partial charge in [-0.3, -0.25) is 0 Å². The van der Waals surface area contributed by atoms with Crippen LogP contribution in [0.15, 0.2) is 0 Å². The molecule has 0 aromatic heterocycles. The van der Waals surface area contributed by atoms with E-state index in [1.165, 1.54) is 0 Å². The van der Waals surface area contributed by atoms with Crippen LogP contribution in [0.5, 0.6) is 0 Å². The third-order valence-electron chi connectivity index (χ3n) is 4.93. The second-order valence-electron chi connectivity index (χ2n) is 6.65. The van der Waals surface area contributed by atoms with Crippen molar-refractivity contribution in [3.05, 3.63) is 81.4 Å². The van der Waals surface area contributed by atoms with Crippen LogP contribution in [0.2, 0.25) is 0 Å². The van der Waals surface area contributed by atoms with E-state index in [1.54, 1.807) is 0 Å². The van der Waals surface area contributed by atoms with E-state index >= 15 is 0 Å². The second-order valence-corrected chi connectivity index (χ2v) is 6.65. The van der Waals surface area contributed by atoms with Crippen LogP contribution in [-0.2, 0) is 0 Å². The Labute approximate surface area is 184 Å². The summed E-state index contributed by atoms with van der Waals surface area (Å²) in [5.41, 5.74) is -4.65. The van der Waals surface area contributed by atoms with Crippen LogP contribution in [0.3, 0.4) is 0 Å². The van der Waals surface area contributed by atoms with Gasteiger partial charge in [-0.15, -0.1) is 0 Å². The Hall–Kier alpha value is -3.52. The first-order chi connectivity index (χ1) is 15.7. The van der Waals surface area contributed by atoms with E-state index in [9.17, 15) is 61.5 Å². The Morgan fingerprint density at radius 3 is 0.600 bits per heavy atom. The molecule has 0 atom stereocenters. The van der Waals surface area contributed by atoms with Crippen LogP contribution >= 0.6 is 0 Å². The van der Waals surface area contributed by atoms with Gasteiger partial charge in [0.1, 0.15) is 0 Å². The van der Waals surface area contributed by atoms with Crippen LogP contribution in [-0.4, -0.2) is 8.41 Å². The van der Waals surface area contributed by atoms with Gasteiger partial charge in [0.15, 0.2) is 81.4 Å². The lowest BCUT2D eigenvalue weighted by molar-refractivity contribution is 0.409. The molecule has 0 amide bonds. The maximum Gasteiger partial charge on any atom is 0.198 e. The number of hydrogen-bond acceptors (Lipinski definition) is 0. The van der Waals surface area contributed by atoms with Crippen LogP contribution in [0, 0.1) is 81.4 Å². The molecule has 0 heterocycles. The molecule has 35 heavy (non-hydrogen) atoms. The molecule has 4 aromatic carbocycles. The molecule has 0 saturated carbocycles. The highest BCUT2D eigenvalue weighted by Gasteiger charge is 2.37. The van der Waals surface area contributed by atoms with Crippen LogP contribution in [0.1, 0.15) is 0 Å². The van der Waals surface area contributed by atoms with Gasteiger partial charge in [-0.05, 0) is 0 Å². The molecule has 0 bridgehead atoms. The maximum atomic E-state index is 14.7. The van der Waals surface area contributed by atoms with Crippen molar-refractivity contribution in [3.63, 3.8) is 0 Å². The maximum absolute atomic E-state index is 14.7. The van der Waals surface area contributed by atoms with Crippen molar-refractivity contribution < 1.29 is 61.5 Å². The fourth-order valence-electron chi connectivity index (χ4n) is 3.47. The van der Waals surface area contributed by atoms with Gasteiger partial charge in [0.25, 0.3) is 0 Å². The lowest BCUT2D eigenvalue weighted by Crippen LogP contribution is -2.10. The van der Waals surface area contributed by atoms with Gasteiger partial charge < -0.3 is 0 Å². The van der Waals surface area contributed by atoms with E-state index in [4.69, 9.17) is 0 Å². The molecule has 0 spiro atoms. The van der Waals surface area contributed by atoms with E-state index in [0.717, 1.165) is 0 Å². The normalized spacial score (nSPS) is 11.5. The minimum Gasteiger partial charge on any atom is -0.203 e.